The molecule has 166 valence electrons. The van der Waals surface area contributed by atoms with Crippen LogP contribution in [0.2, 0.25) is 0 Å². The van der Waals surface area contributed by atoms with Crippen molar-refractivity contribution in [1.82, 2.24) is 20.1 Å². The molecule has 3 heterocycles. The number of allylic oxidation sites excluding steroid dienone is 1. The molecule has 5 nitrogen and oxygen atoms in total. The Morgan fingerprint density at radius 1 is 1.29 bits per heavy atom. The average molecular weight is 421 g/mol. The molecule has 0 saturated carbocycles. The molecule has 3 aromatic rings. The van der Waals surface area contributed by atoms with E-state index in [0.29, 0.717) is 18.8 Å². The summed E-state index contributed by atoms with van der Waals surface area (Å²) in [5.41, 5.74) is 5.63. The molecule has 2 N–H and O–H groups in total. The smallest absolute Gasteiger partial charge is 0.270 e. The van der Waals surface area contributed by atoms with E-state index < -0.39 is 0 Å². The van der Waals surface area contributed by atoms with Gasteiger partial charge in [-0.1, -0.05) is 71.2 Å². The van der Waals surface area contributed by atoms with Crippen LogP contribution in [-0.4, -0.2) is 32.5 Å². The van der Waals surface area contributed by atoms with Gasteiger partial charge in [0.05, 0.1) is 12.2 Å². The zero-order chi connectivity index (χ0) is 22.4. The minimum absolute atomic E-state index is 0.0284. The highest BCUT2D eigenvalue weighted by atomic mass is 16.2. The van der Waals surface area contributed by atoms with E-state index in [9.17, 15) is 4.79 Å². The average Bonchev–Trinajstić information content (AvgIpc) is 3.41. The molecular formula is C26H36N4O. The minimum atomic E-state index is 0.0284. The lowest BCUT2D eigenvalue weighted by molar-refractivity contribution is 0.0729. The first-order chi connectivity index (χ1) is 14.9. The van der Waals surface area contributed by atoms with Gasteiger partial charge in [-0.15, -0.1) is 0 Å². The maximum absolute atomic E-state index is 12.8. The number of benzene rings is 1. The fourth-order valence-electron chi connectivity index (χ4n) is 3.94. The van der Waals surface area contributed by atoms with Gasteiger partial charge < -0.3 is 9.88 Å². The van der Waals surface area contributed by atoms with Crippen molar-refractivity contribution in [2.75, 3.05) is 6.54 Å². The quantitative estimate of drug-likeness (QED) is 0.488. The number of fused-ring (bicyclic) bond motifs is 2. The summed E-state index contributed by atoms with van der Waals surface area (Å²) in [5, 5.41) is 8.46. The third-order valence-corrected chi connectivity index (χ3v) is 6.13. The van der Waals surface area contributed by atoms with Gasteiger partial charge in [0.2, 0.25) is 0 Å². The number of nitrogens with zero attached hydrogens (tertiary/aromatic N) is 2. The Kier molecular flexibility index (Phi) is 7.72. The highest BCUT2D eigenvalue weighted by Gasteiger charge is 2.26. The van der Waals surface area contributed by atoms with Crippen LogP contribution in [-0.2, 0) is 13.0 Å². The number of aromatic amines is 2. The summed E-state index contributed by atoms with van der Waals surface area (Å²) in [6, 6.07) is 9.84. The Morgan fingerprint density at radius 2 is 2.06 bits per heavy atom. The molecule has 1 aromatic carbocycles. The number of hydrogen-bond acceptors (Lipinski definition) is 2. The molecular weight excluding hydrogens is 384 g/mol. The molecule has 1 atom stereocenters. The number of unbranched alkanes of at least 4 members (excludes halogenated alkanes) is 1. The van der Waals surface area contributed by atoms with Gasteiger partial charge in [-0.2, -0.15) is 5.10 Å². The molecule has 5 heteroatoms. The fraction of sp³-hybridized carbons (Fsp3) is 0.462. The Hall–Kier alpha value is -2.82. The first-order valence-corrected chi connectivity index (χ1v) is 11.5. The van der Waals surface area contributed by atoms with E-state index in [1.807, 2.05) is 42.2 Å². The van der Waals surface area contributed by atoms with E-state index in [0.717, 1.165) is 45.8 Å². The Balaban J connectivity index is 0.000000293. The van der Waals surface area contributed by atoms with E-state index in [4.69, 9.17) is 0 Å². The second kappa shape index (κ2) is 10.5. The van der Waals surface area contributed by atoms with Gasteiger partial charge in [0.15, 0.2) is 0 Å². The van der Waals surface area contributed by atoms with Crippen LogP contribution in [0.1, 0.15) is 80.8 Å². The first-order valence-electron chi connectivity index (χ1n) is 11.5. The van der Waals surface area contributed by atoms with Crippen molar-refractivity contribution in [1.29, 1.82) is 0 Å². The Labute approximate surface area is 185 Å². The zero-order valence-electron chi connectivity index (χ0n) is 19.4. The standard InChI is InChI=1S/C18H18N4O.C8H18/c1-11(2)17-13-10-22(8-7-15(13)20-21-17)18(23)16-9-12-5-3-4-6-14(12)19-16;1-4-6-7-8(3)5-2/h3-6,9,19H,1,7-8,10H2,2H3,(H,20,21);8H,4-7H2,1-3H3/t;8-/m.1/s1. The first kappa shape index (κ1) is 22.9. The monoisotopic (exact) mass is 420 g/mol. The minimum Gasteiger partial charge on any atom is -0.351 e. The van der Waals surface area contributed by atoms with Gasteiger partial charge in [0, 0.05) is 35.1 Å². The Bertz CT molecular complexity index is 996. The third kappa shape index (κ3) is 5.46. The van der Waals surface area contributed by atoms with E-state index in [1.54, 1.807) is 0 Å². The number of hydrogen-bond donors (Lipinski definition) is 2. The molecule has 0 fully saturated rings. The summed E-state index contributed by atoms with van der Waals surface area (Å²) in [5.74, 6) is 0.982. The molecule has 31 heavy (non-hydrogen) atoms. The van der Waals surface area contributed by atoms with Crippen LogP contribution >= 0.6 is 0 Å². The highest BCUT2D eigenvalue weighted by Crippen LogP contribution is 2.26. The van der Waals surface area contributed by atoms with Gasteiger partial charge in [-0.25, -0.2) is 0 Å². The van der Waals surface area contributed by atoms with Crippen molar-refractivity contribution in [3.63, 3.8) is 0 Å². The number of H-pyrrole nitrogens is 2. The lowest BCUT2D eigenvalue weighted by Gasteiger charge is -2.26. The molecule has 0 spiro atoms. The molecule has 2 aromatic heterocycles. The topological polar surface area (TPSA) is 64.8 Å². The van der Waals surface area contributed by atoms with Gasteiger partial charge in [0.1, 0.15) is 5.69 Å². The zero-order valence-corrected chi connectivity index (χ0v) is 19.4. The van der Waals surface area contributed by atoms with Gasteiger partial charge in [-0.05, 0) is 30.5 Å². The van der Waals surface area contributed by atoms with Crippen molar-refractivity contribution in [3.05, 3.63) is 59.6 Å². The van der Waals surface area contributed by atoms with Gasteiger partial charge in [-0.3, -0.25) is 9.89 Å². The van der Waals surface area contributed by atoms with Crippen molar-refractivity contribution in [3.8, 4) is 0 Å². The molecule has 0 saturated heterocycles. The molecule has 0 bridgehead atoms. The predicted octanol–water partition coefficient (Wildman–Crippen LogP) is 6.35. The fourth-order valence-corrected chi connectivity index (χ4v) is 3.94. The largest absolute Gasteiger partial charge is 0.351 e. The van der Waals surface area contributed by atoms with Crippen LogP contribution in [0.5, 0.6) is 0 Å². The van der Waals surface area contributed by atoms with Crippen molar-refractivity contribution >= 4 is 22.4 Å². The second-order valence-corrected chi connectivity index (χ2v) is 8.71. The number of aromatic nitrogens is 3. The summed E-state index contributed by atoms with van der Waals surface area (Å²) in [6.07, 6.45) is 6.33. The molecule has 0 unspecified atom stereocenters. The molecule has 0 radical (unpaired) electrons. The van der Waals surface area contributed by atoms with Crippen molar-refractivity contribution in [2.45, 2.75) is 66.3 Å². The maximum atomic E-state index is 12.8. The van der Waals surface area contributed by atoms with Crippen LogP contribution in [0.25, 0.3) is 16.5 Å². The van der Waals surface area contributed by atoms with Crippen molar-refractivity contribution in [2.24, 2.45) is 5.92 Å². The summed E-state index contributed by atoms with van der Waals surface area (Å²) >= 11 is 0. The second-order valence-electron chi connectivity index (χ2n) is 8.71. The number of para-hydroxylation sites is 1. The van der Waals surface area contributed by atoms with E-state index in [2.05, 4.69) is 42.5 Å². The molecule has 1 aliphatic rings. The predicted molar refractivity (Wildman–Crippen MR) is 129 cm³/mol. The van der Waals surface area contributed by atoms with Crippen LogP contribution < -0.4 is 0 Å². The SMILES string of the molecule is C=C(C)c1n[nH]c2c1CN(C(=O)c1cc3ccccc3[nH]1)CC2.CCCC[C@H](C)CC. The third-order valence-electron chi connectivity index (χ3n) is 6.13. The summed E-state index contributed by atoms with van der Waals surface area (Å²) < 4.78 is 0. The highest BCUT2D eigenvalue weighted by molar-refractivity contribution is 5.98. The number of carbonyl (C=O) groups excluding carboxylic acids is 1. The number of carbonyl (C=O) groups is 1. The Morgan fingerprint density at radius 3 is 2.74 bits per heavy atom. The molecule has 0 aliphatic carbocycles. The molecule has 4 rings (SSSR count). The summed E-state index contributed by atoms with van der Waals surface area (Å²) in [4.78, 5) is 17.9. The van der Waals surface area contributed by atoms with Crippen LogP contribution in [0.4, 0.5) is 0 Å². The van der Waals surface area contributed by atoms with E-state index >= 15 is 0 Å². The summed E-state index contributed by atoms with van der Waals surface area (Å²) in [6.45, 7) is 14.0. The van der Waals surface area contributed by atoms with E-state index in [-0.39, 0.29) is 5.91 Å². The number of nitrogens with one attached hydrogen (secondary N) is 2. The van der Waals surface area contributed by atoms with Gasteiger partial charge >= 0.3 is 0 Å². The summed E-state index contributed by atoms with van der Waals surface area (Å²) in [7, 11) is 0. The number of amides is 1. The maximum Gasteiger partial charge on any atom is 0.270 e. The molecule has 1 aliphatic heterocycles. The molecule has 1 amide bonds. The lowest BCUT2D eigenvalue weighted by atomic mass is 10.0. The van der Waals surface area contributed by atoms with Crippen LogP contribution in [0, 0.1) is 5.92 Å². The lowest BCUT2D eigenvalue weighted by Crippen LogP contribution is -2.36. The van der Waals surface area contributed by atoms with Crippen LogP contribution in [0.15, 0.2) is 36.9 Å². The van der Waals surface area contributed by atoms with Crippen molar-refractivity contribution < 1.29 is 4.79 Å². The van der Waals surface area contributed by atoms with E-state index in [1.165, 1.54) is 25.7 Å². The van der Waals surface area contributed by atoms with Gasteiger partial charge in [0.25, 0.3) is 5.91 Å². The number of rotatable bonds is 6. The van der Waals surface area contributed by atoms with Crippen LogP contribution in [0.3, 0.4) is 0 Å². The normalized spacial score (nSPS) is 14.0.